The van der Waals surface area contributed by atoms with Crippen molar-refractivity contribution in [1.82, 2.24) is 4.90 Å². The van der Waals surface area contributed by atoms with E-state index in [9.17, 15) is 0 Å². The molecule has 0 amide bonds. The van der Waals surface area contributed by atoms with Crippen molar-refractivity contribution < 1.29 is 0 Å². The third-order valence-corrected chi connectivity index (χ3v) is 4.71. The van der Waals surface area contributed by atoms with Crippen LogP contribution in [0.5, 0.6) is 0 Å². The molecule has 1 saturated carbocycles. The molecule has 1 aliphatic rings. The average Bonchev–Trinajstić information content (AvgIpc) is 2.47. The molecule has 0 spiro atoms. The first-order valence-electron chi connectivity index (χ1n) is 6.13. The molecule has 16 heavy (non-hydrogen) atoms. The molecule has 90 valence electrons. The number of nitrogens with zero attached hydrogens (tertiary/aromatic N) is 1. The Kier molecular flexibility index (Phi) is 3.67. The Hall–Kier alpha value is -0.380. The molecule has 1 aromatic heterocycles. The first kappa shape index (κ1) is 12.1. The van der Waals surface area contributed by atoms with E-state index in [4.69, 9.17) is 5.73 Å². The van der Waals surface area contributed by atoms with Gasteiger partial charge >= 0.3 is 0 Å². The highest BCUT2D eigenvalue weighted by molar-refractivity contribution is 7.12. The van der Waals surface area contributed by atoms with Gasteiger partial charge in [-0.05, 0) is 45.9 Å². The van der Waals surface area contributed by atoms with Crippen molar-refractivity contribution in [3.05, 3.63) is 21.9 Å². The van der Waals surface area contributed by atoms with E-state index in [1.165, 1.54) is 29.0 Å². The maximum atomic E-state index is 6.16. The minimum atomic E-state index is 0.198. The van der Waals surface area contributed by atoms with Crippen LogP contribution in [0.2, 0.25) is 0 Å². The SMILES string of the molecule is Cc1ccc(C(C(C)N)N(C)C2CCC2)s1. The van der Waals surface area contributed by atoms with Gasteiger partial charge in [0, 0.05) is 21.8 Å². The quantitative estimate of drug-likeness (QED) is 0.874. The maximum absolute atomic E-state index is 6.16. The van der Waals surface area contributed by atoms with Crippen molar-refractivity contribution in [3.8, 4) is 0 Å². The van der Waals surface area contributed by atoms with Gasteiger partial charge < -0.3 is 5.73 Å². The van der Waals surface area contributed by atoms with Gasteiger partial charge in [0.2, 0.25) is 0 Å². The molecule has 1 aliphatic carbocycles. The first-order valence-corrected chi connectivity index (χ1v) is 6.95. The molecule has 0 bridgehead atoms. The largest absolute Gasteiger partial charge is 0.326 e. The lowest BCUT2D eigenvalue weighted by Gasteiger charge is -2.41. The summed E-state index contributed by atoms with van der Waals surface area (Å²) < 4.78 is 0. The molecule has 1 aromatic rings. The number of likely N-dealkylation sites (N-methyl/N-ethyl adjacent to an activating group) is 1. The molecule has 0 saturated heterocycles. The van der Waals surface area contributed by atoms with E-state index in [0.717, 1.165) is 6.04 Å². The Balaban J connectivity index is 2.16. The summed E-state index contributed by atoms with van der Waals surface area (Å²) in [6.07, 6.45) is 4.05. The number of rotatable bonds is 4. The zero-order valence-electron chi connectivity index (χ0n) is 10.4. The summed E-state index contributed by atoms with van der Waals surface area (Å²) >= 11 is 1.88. The van der Waals surface area contributed by atoms with Crippen molar-refractivity contribution in [1.29, 1.82) is 0 Å². The van der Waals surface area contributed by atoms with Crippen LogP contribution in [0.1, 0.15) is 42.0 Å². The molecular formula is C13H22N2S. The number of aryl methyl sites for hydroxylation is 1. The second kappa shape index (κ2) is 4.86. The molecule has 2 unspecified atom stereocenters. The number of hydrogen-bond acceptors (Lipinski definition) is 3. The van der Waals surface area contributed by atoms with Gasteiger partial charge in [-0.15, -0.1) is 11.3 Å². The van der Waals surface area contributed by atoms with Crippen LogP contribution in [-0.4, -0.2) is 24.0 Å². The number of thiophene rings is 1. The van der Waals surface area contributed by atoms with Crippen molar-refractivity contribution in [2.24, 2.45) is 5.73 Å². The van der Waals surface area contributed by atoms with E-state index in [0.29, 0.717) is 6.04 Å². The van der Waals surface area contributed by atoms with Gasteiger partial charge in [0.1, 0.15) is 0 Å². The lowest BCUT2D eigenvalue weighted by Crippen LogP contribution is -2.45. The standard InChI is InChI=1S/C13H22N2S/c1-9-7-8-12(16-9)13(10(2)14)15(3)11-5-4-6-11/h7-8,10-11,13H,4-6,14H2,1-3H3. The average molecular weight is 238 g/mol. The van der Waals surface area contributed by atoms with Crippen molar-refractivity contribution >= 4 is 11.3 Å². The number of nitrogens with two attached hydrogens (primary N) is 1. The molecule has 0 aromatic carbocycles. The summed E-state index contributed by atoms with van der Waals surface area (Å²) in [6.45, 7) is 4.28. The Labute approximate surface area is 102 Å². The molecule has 3 heteroatoms. The highest BCUT2D eigenvalue weighted by Gasteiger charge is 2.31. The fraction of sp³-hybridized carbons (Fsp3) is 0.692. The van der Waals surface area contributed by atoms with Gasteiger partial charge in [0.15, 0.2) is 0 Å². The highest BCUT2D eigenvalue weighted by Crippen LogP contribution is 2.35. The van der Waals surface area contributed by atoms with Crippen LogP contribution >= 0.6 is 11.3 Å². The zero-order chi connectivity index (χ0) is 11.7. The summed E-state index contributed by atoms with van der Waals surface area (Å²) in [4.78, 5) is 5.28. The summed E-state index contributed by atoms with van der Waals surface area (Å²) in [5.74, 6) is 0. The molecule has 0 radical (unpaired) electrons. The summed E-state index contributed by atoms with van der Waals surface area (Å²) in [6, 6.07) is 5.78. The third-order valence-electron chi connectivity index (χ3n) is 3.64. The fourth-order valence-electron chi connectivity index (χ4n) is 2.46. The molecule has 2 N–H and O–H groups in total. The Morgan fingerprint density at radius 1 is 1.44 bits per heavy atom. The minimum Gasteiger partial charge on any atom is -0.326 e. The van der Waals surface area contributed by atoms with Crippen molar-refractivity contribution in [2.75, 3.05) is 7.05 Å². The molecule has 0 aliphatic heterocycles. The van der Waals surface area contributed by atoms with E-state index >= 15 is 0 Å². The highest BCUT2D eigenvalue weighted by atomic mass is 32.1. The molecular weight excluding hydrogens is 216 g/mol. The van der Waals surface area contributed by atoms with Crippen LogP contribution in [0, 0.1) is 6.92 Å². The molecule has 2 atom stereocenters. The van der Waals surface area contributed by atoms with Crippen LogP contribution in [0.25, 0.3) is 0 Å². The van der Waals surface area contributed by atoms with Crippen molar-refractivity contribution in [2.45, 2.75) is 51.2 Å². The van der Waals surface area contributed by atoms with Gasteiger partial charge in [-0.2, -0.15) is 0 Å². The van der Waals surface area contributed by atoms with E-state index in [1.807, 2.05) is 11.3 Å². The van der Waals surface area contributed by atoms with Gasteiger partial charge in [0.05, 0.1) is 6.04 Å². The maximum Gasteiger partial charge on any atom is 0.0590 e. The lowest BCUT2D eigenvalue weighted by molar-refractivity contribution is 0.0997. The van der Waals surface area contributed by atoms with E-state index in [-0.39, 0.29) is 6.04 Å². The molecule has 1 fully saturated rings. The molecule has 2 nitrogen and oxygen atoms in total. The second-order valence-electron chi connectivity index (χ2n) is 5.00. The van der Waals surface area contributed by atoms with E-state index in [1.54, 1.807) is 0 Å². The summed E-state index contributed by atoms with van der Waals surface area (Å²) in [7, 11) is 2.23. The van der Waals surface area contributed by atoms with E-state index < -0.39 is 0 Å². The van der Waals surface area contributed by atoms with Crippen LogP contribution in [0.4, 0.5) is 0 Å². The topological polar surface area (TPSA) is 29.3 Å². The van der Waals surface area contributed by atoms with Gasteiger partial charge in [-0.1, -0.05) is 6.42 Å². The fourth-order valence-corrected chi connectivity index (χ4v) is 3.61. The summed E-state index contributed by atoms with van der Waals surface area (Å²) in [5, 5.41) is 0. The predicted octanol–water partition coefficient (Wildman–Crippen LogP) is 2.93. The normalized spacial score (nSPS) is 20.8. The summed E-state index contributed by atoms with van der Waals surface area (Å²) in [5.41, 5.74) is 6.16. The van der Waals surface area contributed by atoms with Crippen LogP contribution in [-0.2, 0) is 0 Å². The third kappa shape index (κ3) is 2.31. The van der Waals surface area contributed by atoms with Crippen LogP contribution < -0.4 is 5.73 Å². The molecule has 1 heterocycles. The first-order chi connectivity index (χ1) is 7.59. The zero-order valence-corrected chi connectivity index (χ0v) is 11.3. The molecule has 2 rings (SSSR count). The Morgan fingerprint density at radius 2 is 2.12 bits per heavy atom. The Bertz CT molecular complexity index is 341. The number of hydrogen-bond donors (Lipinski definition) is 1. The predicted molar refractivity (Wildman–Crippen MR) is 70.8 cm³/mol. The van der Waals surface area contributed by atoms with Gasteiger partial charge in [0.25, 0.3) is 0 Å². The Morgan fingerprint density at radius 3 is 2.50 bits per heavy atom. The van der Waals surface area contributed by atoms with Crippen molar-refractivity contribution in [3.63, 3.8) is 0 Å². The van der Waals surface area contributed by atoms with Crippen LogP contribution in [0.3, 0.4) is 0 Å². The monoisotopic (exact) mass is 238 g/mol. The van der Waals surface area contributed by atoms with E-state index in [2.05, 4.69) is 37.9 Å². The minimum absolute atomic E-state index is 0.198. The van der Waals surface area contributed by atoms with Gasteiger partial charge in [-0.25, -0.2) is 0 Å². The second-order valence-corrected chi connectivity index (χ2v) is 6.32. The lowest BCUT2D eigenvalue weighted by atomic mass is 9.89. The van der Waals surface area contributed by atoms with Crippen LogP contribution in [0.15, 0.2) is 12.1 Å². The van der Waals surface area contributed by atoms with Gasteiger partial charge in [-0.3, -0.25) is 4.90 Å². The smallest absolute Gasteiger partial charge is 0.0590 e.